The quantitative estimate of drug-likeness (QED) is 0.765. The first-order chi connectivity index (χ1) is 5.24. The number of pyridine rings is 1. The Kier molecular flexibility index (Phi) is 2.96. The molecule has 60 valence electrons. The van der Waals surface area contributed by atoms with Crippen molar-refractivity contribution >= 4 is 15.9 Å². The minimum absolute atomic E-state index is 0.414. The van der Waals surface area contributed by atoms with Gasteiger partial charge in [0, 0.05) is 22.8 Å². The minimum Gasteiger partial charge on any atom is -0.316 e. The number of aromatic nitrogens is 1. The number of nitrogens with one attached hydrogen (secondary N) is 1. The molecule has 2 nitrogen and oxygen atoms in total. The Morgan fingerprint density at radius 1 is 1.73 bits per heavy atom. The van der Waals surface area contributed by atoms with Crippen LogP contribution in [-0.2, 0) is 6.54 Å². The molecule has 0 aliphatic carbocycles. The molecule has 1 aromatic rings. The van der Waals surface area contributed by atoms with Gasteiger partial charge in [-0.15, -0.1) is 0 Å². The van der Waals surface area contributed by atoms with Gasteiger partial charge < -0.3 is 5.32 Å². The number of halogens is 2. The molecular weight excluding hydrogens is 211 g/mol. The summed E-state index contributed by atoms with van der Waals surface area (Å²) in [6.45, 7) is 0.498. The molecule has 0 aliphatic heterocycles. The van der Waals surface area contributed by atoms with E-state index >= 15 is 0 Å². The van der Waals surface area contributed by atoms with Crippen LogP contribution >= 0.6 is 15.9 Å². The molecule has 0 fully saturated rings. The molecule has 1 aromatic heterocycles. The van der Waals surface area contributed by atoms with E-state index in [2.05, 4.69) is 26.2 Å². The lowest BCUT2D eigenvalue weighted by molar-refractivity contribution is 0.559. The normalized spacial score (nSPS) is 10.1. The average Bonchev–Trinajstić information content (AvgIpc) is 1.98. The second kappa shape index (κ2) is 3.78. The summed E-state index contributed by atoms with van der Waals surface area (Å²) in [6.07, 6.45) is 1.44. The van der Waals surface area contributed by atoms with Crippen LogP contribution in [0.4, 0.5) is 4.39 Å². The Morgan fingerprint density at radius 2 is 2.45 bits per heavy atom. The van der Waals surface area contributed by atoms with Crippen molar-refractivity contribution in [3.8, 4) is 0 Å². The van der Waals surface area contributed by atoms with Gasteiger partial charge in [0.25, 0.3) is 0 Å². The van der Waals surface area contributed by atoms with Gasteiger partial charge in [0.05, 0.1) is 0 Å². The van der Waals surface area contributed by atoms with Gasteiger partial charge in [-0.25, -0.2) is 4.98 Å². The maximum absolute atomic E-state index is 12.8. The highest BCUT2D eigenvalue weighted by molar-refractivity contribution is 9.10. The Balaban J connectivity index is 2.93. The summed E-state index contributed by atoms with van der Waals surface area (Å²) in [5, 5.41) is 2.85. The van der Waals surface area contributed by atoms with Crippen molar-refractivity contribution in [2.75, 3.05) is 7.05 Å². The van der Waals surface area contributed by atoms with Crippen LogP contribution in [0.1, 0.15) is 5.56 Å². The van der Waals surface area contributed by atoms with E-state index in [9.17, 15) is 4.39 Å². The van der Waals surface area contributed by atoms with E-state index in [1.54, 1.807) is 13.1 Å². The first kappa shape index (κ1) is 8.62. The second-order valence-electron chi connectivity index (χ2n) is 2.13. The average molecular weight is 219 g/mol. The van der Waals surface area contributed by atoms with Gasteiger partial charge >= 0.3 is 0 Å². The summed E-state index contributed by atoms with van der Waals surface area (Å²) in [4.78, 5) is 3.54. The largest absolute Gasteiger partial charge is 0.316 e. The summed E-state index contributed by atoms with van der Waals surface area (Å²) < 4.78 is 13.6. The molecule has 0 spiro atoms. The van der Waals surface area contributed by atoms with Crippen LogP contribution in [0, 0.1) is 5.95 Å². The molecule has 11 heavy (non-hydrogen) atoms. The maximum atomic E-state index is 12.8. The standard InChI is InChI=1S/C7H8BrFN2/c1-10-3-5-2-6(8)4-11-7(5)9/h2,4,10H,3H2,1H3. The maximum Gasteiger partial charge on any atom is 0.217 e. The van der Waals surface area contributed by atoms with E-state index in [1.165, 1.54) is 6.20 Å². The highest BCUT2D eigenvalue weighted by Crippen LogP contribution is 2.12. The lowest BCUT2D eigenvalue weighted by Gasteiger charge is -2.00. The Hall–Kier alpha value is -0.480. The number of rotatable bonds is 2. The van der Waals surface area contributed by atoms with Crippen LogP contribution < -0.4 is 5.32 Å². The molecule has 1 N–H and O–H groups in total. The van der Waals surface area contributed by atoms with Crippen LogP contribution in [0.3, 0.4) is 0 Å². The molecule has 0 bridgehead atoms. The SMILES string of the molecule is CNCc1cc(Br)cnc1F. The van der Waals surface area contributed by atoms with Crippen LogP contribution in [0.2, 0.25) is 0 Å². The molecule has 0 saturated heterocycles. The number of hydrogen-bond acceptors (Lipinski definition) is 2. The van der Waals surface area contributed by atoms with E-state index < -0.39 is 5.95 Å². The van der Waals surface area contributed by atoms with Gasteiger partial charge in [-0.1, -0.05) is 0 Å². The summed E-state index contributed by atoms with van der Waals surface area (Å²) in [7, 11) is 1.76. The smallest absolute Gasteiger partial charge is 0.217 e. The Labute approximate surface area is 73.0 Å². The monoisotopic (exact) mass is 218 g/mol. The highest BCUT2D eigenvalue weighted by Gasteiger charge is 2.01. The fraction of sp³-hybridized carbons (Fsp3) is 0.286. The first-order valence-electron chi connectivity index (χ1n) is 3.18. The van der Waals surface area contributed by atoms with Gasteiger partial charge in [0.1, 0.15) is 0 Å². The third kappa shape index (κ3) is 2.24. The van der Waals surface area contributed by atoms with Gasteiger partial charge in [0.2, 0.25) is 5.95 Å². The van der Waals surface area contributed by atoms with Crippen molar-refractivity contribution in [3.63, 3.8) is 0 Å². The number of hydrogen-bond donors (Lipinski definition) is 1. The summed E-state index contributed by atoms with van der Waals surface area (Å²) in [5.74, 6) is -0.414. The summed E-state index contributed by atoms with van der Waals surface area (Å²) in [5.41, 5.74) is 0.571. The second-order valence-corrected chi connectivity index (χ2v) is 3.05. The van der Waals surface area contributed by atoms with Crippen LogP contribution in [0.15, 0.2) is 16.7 Å². The third-order valence-electron chi connectivity index (χ3n) is 1.25. The molecule has 0 unspecified atom stereocenters. The lowest BCUT2D eigenvalue weighted by Crippen LogP contribution is -2.07. The third-order valence-corrected chi connectivity index (χ3v) is 1.68. The molecule has 0 atom stereocenters. The Morgan fingerprint density at radius 3 is 3.09 bits per heavy atom. The van der Waals surface area contributed by atoms with E-state index in [1.807, 2.05) is 0 Å². The molecule has 0 aliphatic rings. The zero-order chi connectivity index (χ0) is 8.27. The van der Waals surface area contributed by atoms with Gasteiger partial charge in [-0.3, -0.25) is 0 Å². The van der Waals surface area contributed by atoms with Crippen molar-refractivity contribution in [2.24, 2.45) is 0 Å². The van der Waals surface area contributed by atoms with E-state index in [-0.39, 0.29) is 0 Å². The fourth-order valence-corrected chi connectivity index (χ4v) is 1.16. The van der Waals surface area contributed by atoms with Crippen molar-refractivity contribution < 1.29 is 4.39 Å². The van der Waals surface area contributed by atoms with E-state index in [0.717, 1.165) is 4.47 Å². The van der Waals surface area contributed by atoms with Crippen molar-refractivity contribution in [1.82, 2.24) is 10.3 Å². The van der Waals surface area contributed by atoms with Gasteiger partial charge in [-0.2, -0.15) is 4.39 Å². The van der Waals surface area contributed by atoms with Crippen LogP contribution in [-0.4, -0.2) is 12.0 Å². The van der Waals surface area contributed by atoms with Crippen LogP contribution in [0.5, 0.6) is 0 Å². The molecule has 4 heteroatoms. The molecular formula is C7H8BrFN2. The lowest BCUT2D eigenvalue weighted by atomic mass is 10.3. The molecule has 0 aromatic carbocycles. The summed E-state index contributed by atoms with van der Waals surface area (Å²) in [6, 6.07) is 1.71. The molecule has 1 heterocycles. The Bertz CT molecular complexity index is 252. The van der Waals surface area contributed by atoms with Gasteiger partial charge in [-0.05, 0) is 29.0 Å². The highest BCUT2D eigenvalue weighted by atomic mass is 79.9. The van der Waals surface area contributed by atoms with Crippen molar-refractivity contribution in [1.29, 1.82) is 0 Å². The topological polar surface area (TPSA) is 24.9 Å². The van der Waals surface area contributed by atoms with E-state index in [4.69, 9.17) is 0 Å². The first-order valence-corrected chi connectivity index (χ1v) is 3.98. The predicted molar refractivity (Wildman–Crippen MR) is 44.7 cm³/mol. The fourth-order valence-electron chi connectivity index (χ4n) is 0.779. The minimum atomic E-state index is -0.414. The van der Waals surface area contributed by atoms with Crippen LogP contribution in [0.25, 0.3) is 0 Å². The molecule has 0 amide bonds. The molecule has 0 saturated carbocycles. The van der Waals surface area contributed by atoms with Crippen molar-refractivity contribution in [2.45, 2.75) is 6.54 Å². The predicted octanol–water partition coefficient (Wildman–Crippen LogP) is 1.70. The zero-order valence-electron chi connectivity index (χ0n) is 6.06. The van der Waals surface area contributed by atoms with Gasteiger partial charge in [0.15, 0.2) is 0 Å². The summed E-state index contributed by atoms with van der Waals surface area (Å²) >= 11 is 3.21. The molecule has 1 rings (SSSR count). The molecule has 0 radical (unpaired) electrons. The van der Waals surface area contributed by atoms with Crippen molar-refractivity contribution in [3.05, 3.63) is 28.2 Å². The zero-order valence-corrected chi connectivity index (χ0v) is 7.65. The van der Waals surface area contributed by atoms with E-state index in [0.29, 0.717) is 12.1 Å². The number of nitrogens with zero attached hydrogens (tertiary/aromatic N) is 1.